The number of amides is 1. The molecule has 0 aliphatic carbocycles. The predicted octanol–water partition coefficient (Wildman–Crippen LogP) is 4.82. The van der Waals surface area contributed by atoms with Crippen LogP contribution in [0.5, 0.6) is 11.5 Å². The van der Waals surface area contributed by atoms with Gasteiger partial charge in [0, 0.05) is 18.2 Å². The molecule has 1 aliphatic rings. The molecule has 8 heteroatoms. The Bertz CT molecular complexity index is 1250. The third kappa shape index (κ3) is 4.30. The summed E-state index contributed by atoms with van der Waals surface area (Å²) in [6.45, 7) is 4.81. The maximum atomic E-state index is 13.6. The van der Waals surface area contributed by atoms with Gasteiger partial charge in [-0.2, -0.15) is 0 Å². The van der Waals surface area contributed by atoms with E-state index >= 15 is 0 Å². The zero-order valence-electron chi connectivity index (χ0n) is 19.0. The summed E-state index contributed by atoms with van der Waals surface area (Å²) >= 11 is 6.13. The van der Waals surface area contributed by atoms with Crippen LogP contribution in [-0.2, 0) is 4.74 Å². The highest BCUT2D eigenvalue weighted by Crippen LogP contribution is 2.41. The number of fused-ring (bicyclic) bond motifs is 2. The Morgan fingerprint density at radius 2 is 1.82 bits per heavy atom. The van der Waals surface area contributed by atoms with Crippen molar-refractivity contribution in [3.05, 3.63) is 68.5 Å². The van der Waals surface area contributed by atoms with Crippen molar-refractivity contribution >= 4 is 28.5 Å². The van der Waals surface area contributed by atoms with Gasteiger partial charge in [-0.05, 0) is 56.2 Å². The van der Waals surface area contributed by atoms with Crippen molar-refractivity contribution in [2.24, 2.45) is 0 Å². The minimum Gasteiger partial charge on any atom is -0.493 e. The fraction of sp³-hybridized carbons (Fsp3) is 0.360. The Labute approximate surface area is 196 Å². The van der Waals surface area contributed by atoms with Crippen molar-refractivity contribution in [1.82, 2.24) is 4.90 Å². The highest BCUT2D eigenvalue weighted by molar-refractivity contribution is 6.31. The molecule has 0 radical (unpaired) electrons. The van der Waals surface area contributed by atoms with Crippen molar-refractivity contribution in [1.29, 1.82) is 0 Å². The standard InChI is InChI=1S/C25H26ClNO6/c1-14(2)32-11-5-10-27-22(15-6-8-19(30-3)20(12-15)31-4)21-23(28)17-13-16(26)7-9-18(17)33-24(21)25(27)29/h6-9,12-14,22H,5,10-11H2,1-4H3/t22-/m0/s1. The van der Waals surface area contributed by atoms with Gasteiger partial charge in [-0.15, -0.1) is 0 Å². The van der Waals surface area contributed by atoms with Gasteiger partial charge in [0.15, 0.2) is 16.9 Å². The quantitative estimate of drug-likeness (QED) is 0.438. The Balaban J connectivity index is 1.85. The number of halogens is 1. The van der Waals surface area contributed by atoms with E-state index in [1.807, 2.05) is 19.9 Å². The van der Waals surface area contributed by atoms with Crippen LogP contribution >= 0.6 is 11.6 Å². The highest BCUT2D eigenvalue weighted by atomic mass is 35.5. The van der Waals surface area contributed by atoms with Gasteiger partial charge in [-0.25, -0.2) is 0 Å². The topological polar surface area (TPSA) is 78.2 Å². The van der Waals surface area contributed by atoms with Crippen LogP contribution in [0, 0.1) is 0 Å². The van der Waals surface area contributed by atoms with E-state index in [0.29, 0.717) is 52.6 Å². The molecule has 1 amide bonds. The predicted molar refractivity (Wildman–Crippen MR) is 126 cm³/mol. The van der Waals surface area contributed by atoms with Crippen molar-refractivity contribution in [3.63, 3.8) is 0 Å². The number of hydrogen-bond donors (Lipinski definition) is 0. The molecule has 2 heterocycles. The summed E-state index contributed by atoms with van der Waals surface area (Å²) < 4.78 is 22.4. The second kappa shape index (κ2) is 9.45. The number of methoxy groups -OCH3 is 2. The van der Waals surface area contributed by atoms with Gasteiger partial charge in [0.05, 0.1) is 37.3 Å². The molecule has 0 saturated heterocycles. The van der Waals surface area contributed by atoms with Crippen LogP contribution < -0.4 is 14.9 Å². The molecule has 0 spiro atoms. The summed E-state index contributed by atoms with van der Waals surface area (Å²) in [6.07, 6.45) is 0.706. The molecule has 1 aromatic heterocycles. The average molecular weight is 472 g/mol. The lowest BCUT2D eigenvalue weighted by Crippen LogP contribution is -2.31. The maximum absolute atomic E-state index is 13.6. The monoisotopic (exact) mass is 471 g/mol. The number of benzene rings is 2. The molecule has 0 N–H and O–H groups in total. The van der Waals surface area contributed by atoms with Gasteiger partial charge in [-0.3, -0.25) is 9.59 Å². The third-order valence-electron chi connectivity index (χ3n) is 5.65. The Morgan fingerprint density at radius 3 is 2.52 bits per heavy atom. The largest absolute Gasteiger partial charge is 0.493 e. The number of rotatable bonds is 8. The van der Waals surface area contributed by atoms with Crippen LogP contribution in [-0.4, -0.2) is 44.3 Å². The first-order valence-electron chi connectivity index (χ1n) is 10.8. The SMILES string of the molecule is COc1ccc([C@H]2c3c(oc4ccc(Cl)cc4c3=O)C(=O)N2CCCOC(C)C)cc1OC. The molecule has 0 fully saturated rings. The normalized spacial score (nSPS) is 15.4. The van der Waals surface area contributed by atoms with E-state index in [2.05, 4.69) is 0 Å². The van der Waals surface area contributed by atoms with Crippen molar-refractivity contribution < 1.29 is 23.4 Å². The molecule has 1 aliphatic heterocycles. The molecule has 174 valence electrons. The zero-order valence-corrected chi connectivity index (χ0v) is 19.8. The van der Waals surface area contributed by atoms with E-state index in [1.54, 1.807) is 49.5 Å². The second-order valence-corrected chi connectivity index (χ2v) is 8.54. The number of ether oxygens (including phenoxy) is 3. The summed E-state index contributed by atoms with van der Waals surface area (Å²) in [4.78, 5) is 28.6. The lowest BCUT2D eigenvalue weighted by Gasteiger charge is -2.26. The van der Waals surface area contributed by atoms with Crippen LogP contribution in [0.3, 0.4) is 0 Å². The number of hydrogen-bond acceptors (Lipinski definition) is 6. The molecular formula is C25H26ClNO6. The van der Waals surface area contributed by atoms with E-state index in [4.69, 9.17) is 30.2 Å². The smallest absolute Gasteiger partial charge is 0.290 e. The van der Waals surface area contributed by atoms with E-state index in [-0.39, 0.29) is 23.2 Å². The highest BCUT2D eigenvalue weighted by Gasteiger charge is 2.42. The van der Waals surface area contributed by atoms with E-state index in [1.165, 1.54) is 0 Å². The lowest BCUT2D eigenvalue weighted by molar-refractivity contribution is 0.0593. The first kappa shape index (κ1) is 23.1. The van der Waals surface area contributed by atoms with Gasteiger partial charge in [-0.1, -0.05) is 17.7 Å². The molecule has 0 bridgehead atoms. The maximum Gasteiger partial charge on any atom is 0.290 e. The van der Waals surface area contributed by atoms with Crippen LogP contribution in [0.1, 0.15) is 48.0 Å². The number of nitrogens with zero attached hydrogens (tertiary/aromatic N) is 1. The molecule has 0 unspecified atom stereocenters. The first-order chi connectivity index (χ1) is 15.8. The molecule has 33 heavy (non-hydrogen) atoms. The van der Waals surface area contributed by atoms with Crippen molar-refractivity contribution in [2.45, 2.75) is 32.4 Å². The van der Waals surface area contributed by atoms with Gasteiger partial charge < -0.3 is 23.5 Å². The summed E-state index contributed by atoms with van der Waals surface area (Å²) in [5.41, 5.74) is 1.07. The van der Waals surface area contributed by atoms with E-state index < -0.39 is 6.04 Å². The van der Waals surface area contributed by atoms with Crippen molar-refractivity contribution in [3.8, 4) is 11.5 Å². The van der Waals surface area contributed by atoms with Crippen LogP contribution in [0.4, 0.5) is 0 Å². The minimum atomic E-state index is -0.633. The minimum absolute atomic E-state index is 0.0550. The number of carbonyl (C=O) groups excluding carboxylic acids is 1. The molecular weight excluding hydrogens is 446 g/mol. The van der Waals surface area contributed by atoms with E-state index in [9.17, 15) is 9.59 Å². The summed E-state index contributed by atoms with van der Waals surface area (Å²) in [5, 5.41) is 0.758. The van der Waals surface area contributed by atoms with Crippen LogP contribution in [0.2, 0.25) is 5.02 Å². The van der Waals surface area contributed by atoms with Gasteiger partial charge in [0.1, 0.15) is 5.58 Å². The molecule has 1 atom stereocenters. The lowest BCUT2D eigenvalue weighted by atomic mass is 9.98. The Kier molecular flexibility index (Phi) is 6.63. The number of carbonyl (C=O) groups is 1. The summed E-state index contributed by atoms with van der Waals surface area (Å²) in [6, 6.07) is 9.54. The fourth-order valence-corrected chi connectivity index (χ4v) is 4.32. The summed E-state index contributed by atoms with van der Waals surface area (Å²) in [7, 11) is 3.09. The van der Waals surface area contributed by atoms with Crippen LogP contribution in [0.15, 0.2) is 45.6 Å². The average Bonchev–Trinajstić information content (AvgIpc) is 3.08. The fourth-order valence-electron chi connectivity index (χ4n) is 4.15. The van der Waals surface area contributed by atoms with Gasteiger partial charge >= 0.3 is 0 Å². The zero-order chi connectivity index (χ0) is 23.7. The van der Waals surface area contributed by atoms with Crippen LogP contribution in [0.25, 0.3) is 11.0 Å². The van der Waals surface area contributed by atoms with Gasteiger partial charge in [0.25, 0.3) is 5.91 Å². The summed E-state index contributed by atoms with van der Waals surface area (Å²) in [5.74, 6) is 0.787. The Morgan fingerprint density at radius 1 is 1.06 bits per heavy atom. The molecule has 3 aromatic rings. The van der Waals surface area contributed by atoms with Crippen molar-refractivity contribution in [2.75, 3.05) is 27.4 Å². The van der Waals surface area contributed by atoms with Gasteiger partial charge in [0.2, 0.25) is 5.76 Å². The molecule has 2 aromatic carbocycles. The third-order valence-corrected chi connectivity index (χ3v) is 5.88. The molecule has 4 rings (SSSR count). The molecule has 7 nitrogen and oxygen atoms in total. The Hall–Kier alpha value is -3.03. The van der Waals surface area contributed by atoms with E-state index in [0.717, 1.165) is 5.56 Å². The second-order valence-electron chi connectivity index (χ2n) is 8.10. The first-order valence-corrected chi connectivity index (χ1v) is 11.1. The molecule has 0 saturated carbocycles.